The molecule has 1 aromatic carbocycles. The summed E-state index contributed by atoms with van der Waals surface area (Å²) in [5.74, 6) is 1.39. The Morgan fingerprint density at radius 3 is 2.78 bits per heavy atom. The molecule has 1 amide bonds. The van der Waals surface area contributed by atoms with Crippen molar-refractivity contribution in [2.75, 3.05) is 7.05 Å². The first-order valence-corrected chi connectivity index (χ1v) is 9.07. The maximum atomic E-state index is 13.1. The third-order valence-electron chi connectivity index (χ3n) is 4.92. The highest BCUT2D eigenvalue weighted by molar-refractivity contribution is 5.83. The molecule has 0 saturated heterocycles. The monoisotopic (exact) mass is 367 g/mol. The fourth-order valence-electron chi connectivity index (χ4n) is 3.50. The topological polar surface area (TPSA) is 103 Å². The third-order valence-corrected chi connectivity index (χ3v) is 4.92. The molecular formula is C18H21N7O2. The van der Waals surface area contributed by atoms with E-state index in [1.807, 2.05) is 30.3 Å². The first-order chi connectivity index (χ1) is 13.2. The van der Waals surface area contributed by atoms with Gasteiger partial charge in [0.25, 0.3) is 5.91 Å². The van der Waals surface area contributed by atoms with Crippen LogP contribution in [0.2, 0.25) is 0 Å². The van der Waals surface area contributed by atoms with E-state index in [4.69, 9.17) is 4.52 Å². The van der Waals surface area contributed by atoms with Gasteiger partial charge >= 0.3 is 0 Å². The number of nitrogens with zero attached hydrogens (tertiary/aromatic N) is 7. The van der Waals surface area contributed by atoms with E-state index in [-0.39, 0.29) is 12.5 Å². The van der Waals surface area contributed by atoms with Crippen molar-refractivity contribution in [3.63, 3.8) is 0 Å². The normalized spacial score (nSPS) is 15.7. The van der Waals surface area contributed by atoms with Gasteiger partial charge in [0.1, 0.15) is 6.33 Å². The minimum absolute atomic E-state index is 0.152. The standard InChI is InChI=1S/C18H21N7O2/c1-24(11-15-20-17(27-21-15)14-9-5-6-10-14)18(26)16(25-12-19-22-23-25)13-7-3-2-4-8-13/h2-4,7-8,12,14,16H,5-6,9-11H2,1H3. The molecule has 1 aliphatic rings. The SMILES string of the molecule is CN(Cc1noc(C2CCCC2)n1)C(=O)C(c1ccccc1)n1cnnn1. The molecule has 1 fully saturated rings. The number of benzene rings is 1. The van der Waals surface area contributed by atoms with Gasteiger partial charge in [-0.05, 0) is 28.8 Å². The second-order valence-corrected chi connectivity index (χ2v) is 6.83. The molecule has 9 heteroatoms. The van der Waals surface area contributed by atoms with Crippen molar-refractivity contribution < 1.29 is 9.32 Å². The summed E-state index contributed by atoms with van der Waals surface area (Å²) in [7, 11) is 1.72. The highest BCUT2D eigenvalue weighted by atomic mass is 16.5. The maximum absolute atomic E-state index is 13.1. The van der Waals surface area contributed by atoms with Crippen LogP contribution in [-0.4, -0.2) is 48.2 Å². The average molecular weight is 367 g/mol. The Morgan fingerprint density at radius 2 is 2.07 bits per heavy atom. The number of amides is 1. The molecule has 0 radical (unpaired) electrons. The summed E-state index contributed by atoms with van der Waals surface area (Å²) < 4.78 is 6.86. The van der Waals surface area contributed by atoms with Gasteiger partial charge in [0.05, 0.1) is 6.54 Å². The fraction of sp³-hybridized carbons (Fsp3) is 0.444. The van der Waals surface area contributed by atoms with E-state index in [0.717, 1.165) is 18.4 Å². The minimum atomic E-state index is -0.646. The van der Waals surface area contributed by atoms with Crippen molar-refractivity contribution >= 4 is 5.91 Å². The van der Waals surface area contributed by atoms with Crippen molar-refractivity contribution in [1.29, 1.82) is 0 Å². The fourth-order valence-corrected chi connectivity index (χ4v) is 3.50. The molecular weight excluding hydrogens is 346 g/mol. The average Bonchev–Trinajstić information content (AvgIpc) is 3.45. The van der Waals surface area contributed by atoms with Crippen molar-refractivity contribution in [3.8, 4) is 0 Å². The summed E-state index contributed by atoms with van der Waals surface area (Å²) in [6.07, 6.45) is 6.02. The molecule has 2 aromatic heterocycles. The van der Waals surface area contributed by atoms with Crippen LogP contribution >= 0.6 is 0 Å². The van der Waals surface area contributed by atoms with E-state index < -0.39 is 6.04 Å². The summed E-state index contributed by atoms with van der Waals surface area (Å²) in [6, 6.07) is 8.78. The smallest absolute Gasteiger partial charge is 0.252 e. The molecule has 140 valence electrons. The molecule has 9 nitrogen and oxygen atoms in total. The highest BCUT2D eigenvalue weighted by Crippen LogP contribution is 2.33. The van der Waals surface area contributed by atoms with Crippen LogP contribution in [0.1, 0.15) is 54.9 Å². The minimum Gasteiger partial charge on any atom is -0.339 e. The molecule has 2 heterocycles. The number of rotatable bonds is 6. The molecule has 27 heavy (non-hydrogen) atoms. The number of likely N-dealkylation sites (N-methyl/N-ethyl adjacent to an activating group) is 1. The van der Waals surface area contributed by atoms with Gasteiger partial charge in [-0.3, -0.25) is 4.79 Å². The summed E-state index contributed by atoms with van der Waals surface area (Å²) in [5.41, 5.74) is 0.807. The Kier molecular flexibility index (Phi) is 4.91. The highest BCUT2D eigenvalue weighted by Gasteiger charge is 2.28. The van der Waals surface area contributed by atoms with Crippen molar-refractivity contribution in [2.45, 2.75) is 44.2 Å². The van der Waals surface area contributed by atoms with Gasteiger partial charge in [0.2, 0.25) is 5.89 Å². The van der Waals surface area contributed by atoms with Crippen LogP contribution in [0, 0.1) is 0 Å². The Balaban J connectivity index is 1.51. The number of tetrazole rings is 1. The summed E-state index contributed by atoms with van der Waals surface area (Å²) in [6.45, 7) is 0.264. The summed E-state index contributed by atoms with van der Waals surface area (Å²) in [5, 5.41) is 15.3. The molecule has 1 aliphatic carbocycles. The molecule has 0 aliphatic heterocycles. The van der Waals surface area contributed by atoms with Gasteiger partial charge in [0, 0.05) is 13.0 Å². The lowest BCUT2D eigenvalue weighted by Crippen LogP contribution is -2.35. The third kappa shape index (κ3) is 3.71. The van der Waals surface area contributed by atoms with E-state index in [0.29, 0.717) is 17.6 Å². The van der Waals surface area contributed by atoms with Crippen molar-refractivity contribution in [3.05, 3.63) is 53.9 Å². The molecule has 0 bridgehead atoms. The van der Waals surface area contributed by atoms with E-state index in [2.05, 4.69) is 25.7 Å². The Hall–Kier alpha value is -3.10. The van der Waals surface area contributed by atoms with E-state index in [1.54, 1.807) is 11.9 Å². The van der Waals surface area contributed by atoms with Crippen LogP contribution in [0.5, 0.6) is 0 Å². The first-order valence-electron chi connectivity index (χ1n) is 9.07. The first kappa shape index (κ1) is 17.3. The van der Waals surface area contributed by atoms with Crippen LogP contribution < -0.4 is 0 Å². The predicted molar refractivity (Wildman–Crippen MR) is 94.4 cm³/mol. The zero-order valence-corrected chi connectivity index (χ0v) is 15.1. The molecule has 0 spiro atoms. The quantitative estimate of drug-likeness (QED) is 0.656. The van der Waals surface area contributed by atoms with Gasteiger partial charge in [0.15, 0.2) is 11.9 Å². The molecule has 0 N–H and O–H groups in total. The second kappa shape index (κ2) is 7.65. The number of carbonyl (C=O) groups is 1. The Bertz CT molecular complexity index is 872. The number of hydrogen-bond donors (Lipinski definition) is 0. The second-order valence-electron chi connectivity index (χ2n) is 6.83. The van der Waals surface area contributed by atoms with Crippen LogP contribution in [0.25, 0.3) is 0 Å². The zero-order chi connectivity index (χ0) is 18.6. The molecule has 4 rings (SSSR count). The zero-order valence-electron chi connectivity index (χ0n) is 15.1. The number of hydrogen-bond acceptors (Lipinski definition) is 7. The van der Waals surface area contributed by atoms with E-state index in [1.165, 1.54) is 23.9 Å². The predicted octanol–water partition coefficient (Wildman–Crippen LogP) is 1.96. The lowest BCUT2D eigenvalue weighted by atomic mass is 10.1. The lowest BCUT2D eigenvalue weighted by molar-refractivity contribution is -0.133. The molecule has 1 atom stereocenters. The number of aromatic nitrogens is 6. The summed E-state index contributed by atoms with van der Waals surface area (Å²) >= 11 is 0. The molecule has 1 unspecified atom stereocenters. The van der Waals surface area contributed by atoms with Gasteiger partial charge in [-0.1, -0.05) is 48.3 Å². The van der Waals surface area contributed by atoms with E-state index in [9.17, 15) is 4.79 Å². The number of carbonyl (C=O) groups excluding carboxylic acids is 1. The summed E-state index contributed by atoms with van der Waals surface area (Å²) in [4.78, 5) is 19.2. The van der Waals surface area contributed by atoms with Crippen molar-refractivity contribution in [2.24, 2.45) is 0 Å². The van der Waals surface area contributed by atoms with Crippen LogP contribution in [0.4, 0.5) is 0 Å². The van der Waals surface area contributed by atoms with Gasteiger partial charge in [-0.15, -0.1) is 5.10 Å². The Labute approximate surface area is 156 Å². The van der Waals surface area contributed by atoms with Gasteiger partial charge in [-0.25, -0.2) is 4.68 Å². The largest absolute Gasteiger partial charge is 0.339 e. The van der Waals surface area contributed by atoms with Crippen LogP contribution in [0.3, 0.4) is 0 Å². The molecule has 1 saturated carbocycles. The maximum Gasteiger partial charge on any atom is 0.252 e. The Morgan fingerprint density at radius 1 is 1.30 bits per heavy atom. The van der Waals surface area contributed by atoms with Crippen LogP contribution in [-0.2, 0) is 11.3 Å². The van der Waals surface area contributed by atoms with E-state index >= 15 is 0 Å². The lowest BCUT2D eigenvalue weighted by Gasteiger charge is -2.22. The van der Waals surface area contributed by atoms with Crippen LogP contribution in [0.15, 0.2) is 41.2 Å². The van der Waals surface area contributed by atoms with Gasteiger partial charge < -0.3 is 9.42 Å². The molecule has 3 aromatic rings. The van der Waals surface area contributed by atoms with Crippen molar-refractivity contribution in [1.82, 2.24) is 35.2 Å². The van der Waals surface area contributed by atoms with Gasteiger partial charge in [-0.2, -0.15) is 4.98 Å².